The highest BCUT2D eigenvalue weighted by molar-refractivity contribution is 5.89. The van der Waals surface area contributed by atoms with Crippen molar-refractivity contribution in [2.24, 2.45) is 0 Å². The lowest BCUT2D eigenvalue weighted by molar-refractivity contribution is 0.101. The number of urea groups is 1. The van der Waals surface area contributed by atoms with Crippen LogP contribution in [0.3, 0.4) is 0 Å². The van der Waals surface area contributed by atoms with E-state index >= 15 is 0 Å². The molecule has 2 aliphatic rings. The van der Waals surface area contributed by atoms with Crippen molar-refractivity contribution >= 4 is 11.7 Å². The molecule has 2 aromatic carbocycles. The van der Waals surface area contributed by atoms with E-state index in [1.165, 1.54) is 11.1 Å². The molecule has 0 bridgehead atoms. The van der Waals surface area contributed by atoms with Crippen LogP contribution >= 0.6 is 0 Å². The number of fused-ring (bicyclic) bond motifs is 1. The Morgan fingerprint density at radius 2 is 1.69 bits per heavy atom. The number of nitrogens with one attached hydrogen (secondary N) is 1. The molecule has 0 spiro atoms. The monoisotopic (exact) mass is 349 g/mol. The molecule has 26 heavy (non-hydrogen) atoms. The maximum atomic E-state index is 12.6. The van der Waals surface area contributed by atoms with E-state index in [4.69, 9.17) is 0 Å². The van der Waals surface area contributed by atoms with Gasteiger partial charge in [0.25, 0.3) is 0 Å². The van der Waals surface area contributed by atoms with Crippen LogP contribution in [0.25, 0.3) is 0 Å². The number of likely N-dealkylation sites (N-methyl/N-ethyl adjacent to an activating group) is 1. The van der Waals surface area contributed by atoms with Crippen LogP contribution in [0.2, 0.25) is 0 Å². The molecule has 1 aliphatic heterocycles. The molecule has 0 saturated carbocycles. The minimum atomic E-state index is -0.0160. The Labute approximate surface area is 155 Å². The van der Waals surface area contributed by atoms with Crippen LogP contribution in [0.4, 0.5) is 10.5 Å². The summed E-state index contributed by atoms with van der Waals surface area (Å²) in [6.45, 7) is 2.11. The molecular formula is C22H27N3O. The van der Waals surface area contributed by atoms with E-state index in [9.17, 15) is 4.79 Å². The van der Waals surface area contributed by atoms with Gasteiger partial charge in [0.1, 0.15) is 0 Å². The zero-order valence-corrected chi connectivity index (χ0v) is 15.4. The van der Waals surface area contributed by atoms with E-state index in [2.05, 4.69) is 34.5 Å². The van der Waals surface area contributed by atoms with Crippen molar-refractivity contribution in [3.63, 3.8) is 0 Å². The number of hydrogen-bond donors (Lipinski definition) is 1. The highest BCUT2D eigenvalue weighted by atomic mass is 16.2. The summed E-state index contributed by atoms with van der Waals surface area (Å²) in [5.41, 5.74) is 3.84. The van der Waals surface area contributed by atoms with Gasteiger partial charge in [-0.2, -0.15) is 0 Å². The molecule has 1 atom stereocenters. The van der Waals surface area contributed by atoms with Crippen LogP contribution in [0.15, 0.2) is 54.6 Å². The van der Waals surface area contributed by atoms with E-state index in [-0.39, 0.29) is 12.1 Å². The van der Waals surface area contributed by atoms with E-state index in [1.807, 2.05) is 42.3 Å². The van der Waals surface area contributed by atoms with Gasteiger partial charge in [-0.1, -0.05) is 42.5 Å². The summed E-state index contributed by atoms with van der Waals surface area (Å²) in [6, 6.07) is 19.3. The molecule has 2 aromatic rings. The average molecular weight is 349 g/mol. The standard InChI is InChI=1S/C22H27N3O/c1-24(22(26)23-19-10-3-2-4-11-19)20-12-7-13-25(16-20)21-14-17-8-5-6-9-18(17)15-21/h2-6,8-11,20-21H,7,12-16H2,1H3,(H,23,26)/t20-/m0/s1. The summed E-state index contributed by atoms with van der Waals surface area (Å²) < 4.78 is 0. The van der Waals surface area contributed by atoms with Crippen LogP contribution in [-0.2, 0) is 12.8 Å². The lowest BCUT2D eigenvalue weighted by Gasteiger charge is -2.40. The zero-order valence-electron chi connectivity index (χ0n) is 15.4. The summed E-state index contributed by atoms with van der Waals surface area (Å²) in [4.78, 5) is 17.1. The third kappa shape index (κ3) is 3.61. The van der Waals surface area contributed by atoms with Crippen molar-refractivity contribution in [3.05, 3.63) is 65.7 Å². The Morgan fingerprint density at radius 3 is 2.38 bits per heavy atom. The number of piperidine rings is 1. The summed E-state index contributed by atoms with van der Waals surface area (Å²) in [6.07, 6.45) is 4.51. The molecule has 1 N–H and O–H groups in total. The second-order valence-electron chi connectivity index (χ2n) is 7.53. The molecule has 4 rings (SSSR count). The van der Waals surface area contributed by atoms with Gasteiger partial charge in [-0.25, -0.2) is 4.79 Å². The summed E-state index contributed by atoms with van der Waals surface area (Å²) >= 11 is 0. The van der Waals surface area contributed by atoms with E-state index in [1.54, 1.807) is 0 Å². The van der Waals surface area contributed by atoms with E-state index in [0.29, 0.717) is 6.04 Å². The molecule has 1 aliphatic carbocycles. The lowest BCUT2D eigenvalue weighted by Crippen LogP contribution is -2.52. The summed E-state index contributed by atoms with van der Waals surface area (Å²) in [7, 11) is 1.93. The maximum Gasteiger partial charge on any atom is 0.321 e. The quantitative estimate of drug-likeness (QED) is 0.915. The molecule has 0 unspecified atom stereocenters. The highest BCUT2D eigenvalue weighted by Crippen LogP contribution is 2.28. The number of anilines is 1. The molecule has 0 radical (unpaired) electrons. The fourth-order valence-electron chi connectivity index (χ4n) is 4.32. The highest BCUT2D eigenvalue weighted by Gasteiger charge is 2.32. The smallest absolute Gasteiger partial charge is 0.321 e. The van der Waals surface area contributed by atoms with Crippen molar-refractivity contribution in [1.82, 2.24) is 9.80 Å². The van der Waals surface area contributed by atoms with Gasteiger partial charge in [-0.05, 0) is 55.5 Å². The number of rotatable bonds is 3. The number of nitrogens with zero attached hydrogens (tertiary/aromatic N) is 2. The van der Waals surface area contributed by atoms with Crippen LogP contribution < -0.4 is 5.32 Å². The summed E-state index contributed by atoms with van der Waals surface area (Å²) in [5, 5.41) is 3.01. The largest absolute Gasteiger partial charge is 0.323 e. The first-order valence-corrected chi connectivity index (χ1v) is 9.60. The Morgan fingerprint density at radius 1 is 1.04 bits per heavy atom. The predicted octanol–water partition coefficient (Wildman–Crippen LogP) is 3.78. The first kappa shape index (κ1) is 17.1. The van der Waals surface area contributed by atoms with Crippen LogP contribution in [0.5, 0.6) is 0 Å². The lowest BCUT2D eigenvalue weighted by atomic mass is 10.0. The van der Waals surface area contributed by atoms with Crippen molar-refractivity contribution in [1.29, 1.82) is 0 Å². The molecule has 2 amide bonds. The first-order valence-electron chi connectivity index (χ1n) is 9.60. The van der Waals surface area contributed by atoms with Crippen molar-refractivity contribution < 1.29 is 4.79 Å². The van der Waals surface area contributed by atoms with Crippen LogP contribution in [0.1, 0.15) is 24.0 Å². The molecule has 0 aromatic heterocycles. The molecule has 4 nitrogen and oxygen atoms in total. The summed E-state index contributed by atoms with van der Waals surface area (Å²) in [5.74, 6) is 0. The molecular weight excluding hydrogens is 322 g/mol. The van der Waals surface area contributed by atoms with Gasteiger partial charge in [0.05, 0.1) is 0 Å². The topological polar surface area (TPSA) is 35.6 Å². The number of carbonyl (C=O) groups excluding carboxylic acids is 1. The van der Waals surface area contributed by atoms with Gasteiger partial charge < -0.3 is 10.2 Å². The molecule has 1 fully saturated rings. The number of benzene rings is 2. The second-order valence-corrected chi connectivity index (χ2v) is 7.53. The first-order chi connectivity index (χ1) is 12.7. The average Bonchev–Trinajstić information content (AvgIpc) is 3.12. The number of hydrogen-bond acceptors (Lipinski definition) is 2. The van der Waals surface area contributed by atoms with Gasteiger partial charge in [0.2, 0.25) is 0 Å². The van der Waals surface area contributed by atoms with Crippen LogP contribution in [0, 0.1) is 0 Å². The van der Waals surface area contributed by atoms with Gasteiger partial charge in [-0.15, -0.1) is 0 Å². The molecule has 1 saturated heterocycles. The Hall–Kier alpha value is -2.33. The predicted molar refractivity (Wildman–Crippen MR) is 105 cm³/mol. The maximum absolute atomic E-state index is 12.6. The third-order valence-electron chi connectivity index (χ3n) is 5.87. The van der Waals surface area contributed by atoms with E-state index in [0.717, 1.165) is 44.5 Å². The second kappa shape index (κ2) is 7.50. The zero-order chi connectivity index (χ0) is 17.9. The van der Waals surface area contributed by atoms with Crippen molar-refractivity contribution in [2.75, 3.05) is 25.5 Å². The molecule has 4 heteroatoms. The number of amides is 2. The number of likely N-dealkylation sites (tertiary alicyclic amines) is 1. The minimum Gasteiger partial charge on any atom is -0.323 e. The number of para-hydroxylation sites is 1. The Balaban J connectivity index is 1.37. The van der Waals surface area contributed by atoms with Gasteiger partial charge in [0.15, 0.2) is 0 Å². The van der Waals surface area contributed by atoms with Crippen molar-refractivity contribution in [3.8, 4) is 0 Å². The Bertz CT molecular complexity index is 736. The van der Waals surface area contributed by atoms with Gasteiger partial charge in [-0.3, -0.25) is 4.90 Å². The normalized spacial score (nSPS) is 20.6. The third-order valence-corrected chi connectivity index (χ3v) is 5.87. The van der Waals surface area contributed by atoms with Gasteiger partial charge >= 0.3 is 6.03 Å². The Kier molecular flexibility index (Phi) is 4.93. The van der Waals surface area contributed by atoms with Crippen molar-refractivity contribution in [2.45, 2.75) is 37.8 Å². The molecule has 136 valence electrons. The molecule has 1 heterocycles. The minimum absolute atomic E-state index is 0.0160. The van der Waals surface area contributed by atoms with E-state index < -0.39 is 0 Å². The van der Waals surface area contributed by atoms with Gasteiger partial charge in [0, 0.05) is 31.4 Å². The van der Waals surface area contributed by atoms with Crippen LogP contribution in [-0.4, -0.2) is 48.1 Å². The fourth-order valence-corrected chi connectivity index (χ4v) is 4.32. The SMILES string of the molecule is CN(C(=O)Nc1ccccc1)[C@H]1CCCN(C2Cc3ccccc3C2)C1. The number of carbonyl (C=O) groups is 1. The fraction of sp³-hybridized carbons (Fsp3) is 0.409.